The number of hydrogen-bond acceptors (Lipinski definition) is 5. The van der Waals surface area contributed by atoms with Gasteiger partial charge in [-0.2, -0.15) is 0 Å². The third-order valence-electron chi connectivity index (χ3n) is 4.83. The molecule has 2 unspecified atom stereocenters. The van der Waals surface area contributed by atoms with E-state index in [9.17, 15) is 19.2 Å². The van der Waals surface area contributed by atoms with Crippen LogP contribution >= 0.6 is 0 Å². The number of hydrogen-bond donors (Lipinski definition) is 0. The van der Waals surface area contributed by atoms with Crippen molar-refractivity contribution >= 4 is 23.4 Å². The van der Waals surface area contributed by atoms with E-state index in [2.05, 4.69) is 0 Å². The Bertz CT molecular complexity index is 795. The van der Waals surface area contributed by atoms with E-state index in [1.54, 1.807) is 30.3 Å². The van der Waals surface area contributed by atoms with Gasteiger partial charge in [0.15, 0.2) is 5.78 Å². The quantitative estimate of drug-likeness (QED) is 0.355. The molecule has 0 radical (unpaired) electrons. The summed E-state index contributed by atoms with van der Waals surface area (Å²) in [5.41, 5.74) is -0.274. The number of Topliss-reactive ketones (excluding diaryl/α,β-unsaturated/α-hetero) is 2. The lowest BCUT2D eigenvalue weighted by atomic mass is 9.89. The highest BCUT2D eigenvalue weighted by molar-refractivity contribution is 6.54. The summed E-state index contributed by atoms with van der Waals surface area (Å²) in [4.78, 5) is 51.2. The molecule has 6 nitrogen and oxygen atoms in total. The zero-order chi connectivity index (χ0) is 16.8. The number of rotatable bonds is 2. The molecule has 2 fully saturated rings. The molecule has 1 saturated heterocycles. The van der Waals surface area contributed by atoms with Gasteiger partial charge in [0, 0.05) is 5.56 Å². The SMILES string of the molecule is O=C1OC2CCCCC2N2C(=O)C(=O)C(C(=O)c3ccccc3)=C12. The molecule has 0 spiro atoms. The van der Waals surface area contributed by atoms with E-state index >= 15 is 0 Å². The second-order valence-corrected chi connectivity index (χ2v) is 6.22. The molecule has 1 aromatic rings. The molecule has 0 aromatic heterocycles. The number of benzene rings is 1. The fourth-order valence-electron chi connectivity index (χ4n) is 3.71. The van der Waals surface area contributed by atoms with Crippen molar-refractivity contribution in [2.45, 2.75) is 37.8 Å². The van der Waals surface area contributed by atoms with Gasteiger partial charge in [0.1, 0.15) is 17.4 Å². The van der Waals surface area contributed by atoms with Gasteiger partial charge in [-0.05, 0) is 19.3 Å². The first-order valence-corrected chi connectivity index (χ1v) is 8.02. The fraction of sp³-hybridized carbons (Fsp3) is 0.333. The van der Waals surface area contributed by atoms with E-state index in [0.717, 1.165) is 12.8 Å². The summed E-state index contributed by atoms with van der Waals surface area (Å²) in [5, 5.41) is 0. The molecule has 122 valence electrons. The normalized spacial score (nSPS) is 26.2. The predicted molar refractivity (Wildman–Crippen MR) is 81.8 cm³/mol. The number of carbonyl (C=O) groups excluding carboxylic acids is 4. The van der Waals surface area contributed by atoms with Crippen molar-refractivity contribution in [1.29, 1.82) is 0 Å². The summed E-state index contributed by atoms with van der Waals surface area (Å²) < 4.78 is 5.42. The maximum atomic E-state index is 12.7. The third kappa shape index (κ3) is 2.02. The predicted octanol–water partition coefficient (Wildman–Crippen LogP) is 1.40. The number of amides is 1. The minimum Gasteiger partial charge on any atom is -0.455 e. The van der Waals surface area contributed by atoms with Crippen LogP contribution in [-0.4, -0.2) is 40.5 Å². The topological polar surface area (TPSA) is 80.8 Å². The lowest BCUT2D eigenvalue weighted by Crippen LogP contribution is -2.54. The number of ether oxygens (including phenoxy) is 1. The van der Waals surface area contributed by atoms with Gasteiger partial charge in [0.25, 0.3) is 11.7 Å². The summed E-state index contributed by atoms with van der Waals surface area (Å²) in [5.74, 6) is -3.07. The Morgan fingerprint density at radius 3 is 2.50 bits per heavy atom. The molecule has 0 N–H and O–H groups in total. The minimum absolute atomic E-state index is 0.179. The zero-order valence-electron chi connectivity index (χ0n) is 12.9. The summed E-state index contributed by atoms with van der Waals surface area (Å²) in [6, 6.07) is 7.82. The van der Waals surface area contributed by atoms with Gasteiger partial charge in [-0.1, -0.05) is 36.8 Å². The maximum absolute atomic E-state index is 12.7. The smallest absolute Gasteiger partial charge is 0.356 e. The Labute approximate surface area is 138 Å². The maximum Gasteiger partial charge on any atom is 0.356 e. The monoisotopic (exact) mass is 325 g/mol. The number of carbonyl (C=O) groups is 4. The summed E-state index contributed by atoms with van der Waals surface area (Å²) in [6.45, 7) is 0. The lowest BCUT2D eigenvalue weighted by Gasteiger charge is -2.41. The van der Waals surface area contributed by atoms with Gasteiger partial charge in [-0.3, -0.25) is 19.3 Å². The number of esters is 1. The van der Waals surface area contributed by atoms with E-state index < -0.39 is 29.5 Å². The highest BCUT2D eigenvalue weighted by Crippen LogP contribution is 2.38. The van der Waals surface area contributed by atoms with E-state index in [-0.39, 0.29) is 22.9 Å². The van der Waals surface area contributed by atoms with E-state index in [4.69, 9.17) is 4.74 Å². The van der Waals surface area contributed by atoms with Crippen LogP contribution < -0.4 is 0 Å². The first kappa shape index (κ1) is 14.8. The summed E-state index contributed by atoms with van der Waals surface area (Å²) in [7, 11) is 0. The van der Waals surface area contributed by atoms with E-state index in [1.807, 2.05) is 0 Å². The number of fused-ring (bicyclic) bond motifs is 3. The second-order valence-electron chi connectivity index (χ2n) is 6.22. The first-order valence-electron chi connectivity index (χ1n) is 8.02. The van der Waals surface area contributed by atoms with Crippen molar-refractivity contribution in [3.8, 4) is 0 Å². The van der Waals surface area contributed by atoms with Crippen molar-refractivity contribution in [2.75, 3.05) is 0 Å². The number of ketones is 2. The molecular formula is C18H15NO5. The summed E-state index contributed by atoms with van der Waals surface area (Å²) >= 11 is 0. The van der Waals surface area contributed by atoms with Crippen LogP contribution in [0.1, 0.15) is 36.0 Å². The molecule has 3 aliphatic rings. The van der Waals surface area contributed by atoms with Crippen LogP contribution in [0, 0.1) is 0 Å². The molecule has 2 aliphatic heterocycles. The van der Waals surface area contributed by atoms with Crippen molar-refractivity contribution in [3.05, 3.63) is 47.2 Å². The average Bonchev–Trinajstić information content (AvgIpc) is 2.88. The molecular weight excluding hydrogens is 310 g/mol. The van der Waals surface area contributed by atoms with Gasteiger partial charge < -0.3 is 4.74 Å². The van der Waals surface area contributed by atoms with Gasteiger partial charge in [0.05, 0.1) is 6.04 Å². The van der Waals surface area contributed by atoms with E-state index in [0.29, 0.717) is 12.8 Å². The van der Waals surface area contributed by atoms with Crippen molar-refractivity contribution in [1.82, 2.24) is 4.90 Å². The summed E-state index contributed by atoms with van der Waals surface area (Å²) in [6.07, 6.45) is 2.75. The highest BCUT2D eigenvalue weighted by atomic mass is 16.5. The van der Waals surface area contributed by atoms with Crippen molar-refractivity contribution < 1.29 is 23.9 Å². The Morgan fingerprint density at radius 2 is 1.75 bits per heavy atom. The standard InChI is InChI=1S/C18H15NO5/c20-15(10-6-2-1-3-7-10)13-14-18(23)24-12-9-5-4-8-11(12)19(14)17(22)16(13)21/h1-3,6-7,11-12H,4-5,8-9H2. The fourth-order valence-corrected chi connectivity index (χ4v) is 3.71. The van der Waals surface area contributed by atoms with Gasteiger partial charge >= 0.3 is 5.97 Å². The average molecular weight is 325 g/mol. The molecule has 1 amide bonds. The minimum atomic E-state index is -0.915. The van der Waals surface area contributed by atoms with Crippen molar-refractivity contribution in [3.63, 3.8) is 0 Å². The third-order valence-corrected chi connectivity index (χ3v) is 4.83. The Hall–Kier alpha value is -2.76. The Morgan fingerprint density at radius 1 is 1.04 bits per heavy atom. The highest BCUT2D eigenvalue weighted by Gasteiger charge is 2.53. The molecule has 1 aliphatic carbocycles. The molecule has 0 bridgehead atoms. The lowest BCUT2D eigenvalue weighted by molar-refractivity contribution is -0.165. The second kappa shape index (κ2) is 5.40. The molecule has 1 saturated carbocycles. The molecule has 6 heteroatoms. The van der Waals surface area contributed by atoms with Crippen molar-refractivity contribution in [2.24, 2.45) is 0 Å². The van der Waals surface area contributed by atoms with Crippen LogP contribution in [0.4, 0.5) is 0 Å². The Balaban J connectivity index is 1.82. The Kier molecular flexibility index (Phi) is 3.33. The molecule has 24 heavy (non-hydrogen) atoms. The van der Waals surface area contributed by atoms with Gasteiger partial charge in [0.2, 0.25) is 0 Å². The van der Waals surface area contributed by atoms with Crippen LogP contribution in [0.2, 0.25) is 0 Å². The first-order chi connectivity index (χ1) is 11.6. The molecule has 2 heterocycles. The van der Waals surface area contributed by atoms with Crippen LogP contribution in [0.25, 0.3) is 0 Å². The van der Waals surface area contributed by atoms with Gasteiger partial charge in [-0.15, -0.1) is 0 Å². The number of nitrogens with zero attached hydrogens (tertiary/aromatic N) is 1. The molecule has 1 aromatic carbocycles. The van der Waals surface area contributed by atoms with E-state index in [1.165, 1.54) is 4.90 Å². The molecule has 2 atom stereocenters. The van der Waals surface area contributed by atoms with Gasteiger partial charge in [-0.25, -0.2) is 4.79 Å². The zero-order valence-corrected chi connectivity index (χ0v) is 12.9. The van der Waals surface area contributed by atoms with Crippen LogP contribution in [0.15, 0.2) is 41.6 Å². The van der Waals surface area contributed by atoms with Crippen LogP contribution in [0.3, 0.4) is 0 Å². The van der Waals surface area contributed by atoms with Crippen LogP contribution in [0.5, 0.6) is 0 Å². The number of morpholine rings is 1. The molecule has 4 rings (SSSR count). The van der Waals surface area contributed by atoms with Crippen LogP contribution in [-0.2, 0) is 19.1 Å². The largest absolute Gasteiger partial charge is 0.455 e.